The number of pyridine rings is 1. The van der Waals surface area contributed by atoms with E-state index in [1.54, 1.807) is 6.20 Å². The Labute approximate surface area is 94.3 Å². The molecule has 0 aliphatic heterocycles. The molecule has 0 saturated heterocycles. The second-order valence-electron chi connectivity index (χ2n) is 3.38. The highest BCUT2D eigenvalue weighted by Crippen LogP contribution is 1.91. The van der Waals surface area contributed by atoms with Crippen LogP contribution in [0, 0.1) is 0 Å². The maximum atomic E-state index is 11.2. The Hall–Kier alpha value is -1.91. The molecule has 5 heteroatoms. The largest absolute Gasteiger partial charge is 0.338 e. The van der Waals surface area contributed by atoms with Gasteiger partial charge in [-0.3, -0.25) is 9.78 Å². The van der Waals surface area contributed by atoms with Crippen molar-refractivity contribution < 1.29 is 9.59 Å². The van der Waals surface area contributed by atoms with Crippen LogP contribution in [0.4, 0.5) is 4.79 Å². The van der Waals surface area contributed by atoms with Crippen LogP contribution in [0.1, 0.15) is 19.0 Å². The smallest absolute Gasteiger partial charge is 0.315 e. The van der Waals surface area contributed by atoms with Crippen molar-refractivity contribution in [3.63, 3.8) is 0 Å². The highest BCUT2D eigenvalue weighted by atomic mass is 16.2. The summed E-state index contributed by atoms with van der Waals surface area (Å²) in [5, 5.41) is 5.23. The molecule has 86 valence electrons. The molecule has 1 rings (SSSR count). The van der Waals surface area contributed by atoms with Crippen LogP contribution in [0.15, 0.2) is 24.4 Å². The van der Waals surface area contributed by atoms with E-state index in [1.165, 1.54) is 6.92 Å². The topological polar surface area (TPSA) is 71.1 Å². The zero-order chi connectivity index (χ0) is 11.8. The third-order valence-corrected chi connectivity index (χ3v) is 1.92. The molecular weight excluding hydrogens is 206 g/mol. The summed E-state index contributed by atoms with van der Waals surface area (Å²) in [5.41, 5.74) is 0.796. The summed E-state index contributed by atoms with van der Waals surface area (Å²) in [6.07, 6.45) is 2.03. The third-order valence-electron chi connectivity index (χ3n) is 1.92. The van der Waals surface area contributed by atoms with Crippen LogP contribution >= 0.6 is 0 Å². The minimum absolute atomic E-state index is 0.0602. The minimum atomic E-state index is -0.285. The number of hydrogen-bond acceptors (Lipinski definition) is 3. The van der Waals surface area contributed by atoms with E-state index in [-0.39, 0.29) is 11.8 Å². The lowest BCUT2D eigenvalue weighted by atomic mass is 10.3. The molecule has 0 aliphatic rings. The Morgan fingerprint density at radius 3 is 2.75 bits per heavy atom. The number of aromatic nitrogens is 1. The Kier molecular flexibility index (Phi) is 4.98. The van der Waals surface area contributed by atoms with Crippen molar-refractivity contribution in [2.24, 2.45) is 0 Å². The maximum Gasteiger partial charge on any atom is 0.315 e. The van der Waals surface area contributed by atoms with Crippen LogP contribution in [0.5, 0.6) is 0 Å². The molecule has 0 spiro atoms. The van der Waals surface area contributed by atoms with E-state index in [2.05, 4.69) is 15.6 Å². The summed E-state index contributed by atoms with van der Waals surface area (Å²) < 4.78 is 0. The summed E-state index contributed by atoms with van der Waals surface area (Å²) >= 11 is 0. The van der Waals surface area contributed by atoms with Crippen molar-refractivity contribution in [2.75, 3.05) is 6.54 Å². The molecule has 1 aromatic rings. The molecule has 5 nitrogen and oxygen atoms in total. The summed E-state index contributed by atoms with van der Waals surface area (Å²) in [6, 6.07) is 5.22. The van der Waals surface area contributed by atoms with Crippen LogP contribution in [-0.4, -0.2) is 23.3 Å². The normalized spacial score (nSPS) is 9.56. The fourth-order valence-corrected chi connectivity index (χ4v) is 1.09. The van der Waals surface area contributed by atoms with E-state index in [4.69, 9.17) is 0 Å². The first-order valence-electron chi connectivity index (χ1n) is 5.09. The van der Waals surface area contributed by atoms with Gasteiger partial charge in [-0.05, 0) is 19.1 Å². The number of nitrogens with zero attached hydrogens (tertiary/aromatic N) is 1. The number of hydrogen-bond donors (Lipinski definition) is 2. The Bertz CT molecular complexity index is 352. The van der Waals surface area contributed by atoms with Gasteiger partial charge in [0, 0.05) is 19.2 Å². The van der Waals surface area contributed by atoms with Gasteiger partial charge in [0.2, 0.25) is 0 Å². The average molecular weight is 221 g/mol. The standard InChI is InChI=1S/C11H15N3O2/c1-9(15)5-7-13-11(16)14-8-10-4-2-3-6-12-10/h2-4,6H,5,7-8H2,1H3,(H2,13,14,16). The highest BCUT2D eigenvalue weighted by Gasteiger charge is 2.00. The van der Waals surface area contributed by atoms with E-state index in [0.717, 1.165) is 5.69 Å². The predicted octanol–water partition coefficient (Wildman–Crippen LogP) is 0.860. The molecule has 0 atom stereocenters. The van der Waals surface area contributed by atoms with Gasteiger partial charge in [-0.1, -0.05) is 6.07 Å². The monoisotopic (exact) mass is 221 g/mol. The SMILES string of the molecule is CC(=O)CCNC(=O)NCc1ccccn1. The lowest BCUT2D eigenvalue weighted by Gasteiger charge is -2.05. The second-order valence-corrected chi connectivity index (χ2v) is 3.38. The number of amides is 2. The third kappa shape index (κ3) is 5.09. The lowest BCUT2D eigenvalue weighted by Crippen LogP contribution is -2.36. The summed E-state index contributed by atoms with van der Waals surface area (Å²) in [6.45, 7) is 2.24. The number of urea groups is 1. The molecule has 0 saturated carbocycles. The van der Waals surface area contributed by atoms with E-state index >= 15 is 0 Å². The number of rotatable bonds is 5. The Balaban J connectivity index is 2.18. The first-order valence-corrected chi connectivity index (χ1v) is 5.09. The molecule has 2 amide bonds. The zero-order valence-electron chi connectivity index (χ0n) is 9.19. The van der Waals surface area contributed by atoms with Gasteiger partial charge >= 0.3 is 6.03 Å². The molecule has 1 heterocycles. The highest BCUT2D eigenvalue weighted by molar-refractivity contribution is 5.77. The van der Waals surface area contributed by atoms with Gasteiger partial charge in [0.05, 0.1) is 12.2 Å². The second kappa shape index (κ2) is 6.55. The van der Waals surface area contributed by atoms with Gasteiger partial charge < -0.3 is 10.6 Å². The van der Waals surface area contributed by atoms with Crippen LogP contribution in [-0.2, 0) is 11.3 Å². The van der Waals surface area contributed by atoms with Crippen molar-refractivity contribution >= 4 is 11.8 Å². The number of carbonyl (C=O) groups is 2. The molecule has 2 N–H and O–H groups in total. The predicted molar refractivity (Wildman–Crippen MR) is 59.8 cm³/mol. The van der Waals surface area contributed by atoms with Gasteiger partial charge in [-0.25, -0.2) is 4.79 Å². The summed E-state index contributed by atoms with van der Waals surface area (Å²) in [7, 11) is 0. The van der Waals surface area contributed by atoms with Gasteiger partial charge in [0.1, 0.15) is 5.78 Å². The van der Waals surface area contributed by atoms with Crippen molar-refractivity contribution in [3.8, 4) is 0 Å². The van der Waals surface area contributed by atoms with Crippen LogP contribution in [0.2, 0.25) is 0 Å². The average Bonchev–Trinajstić information content (AvgIpc) is 2.27. The molecular formula is C11H15N3O2. The van der Waals surface area contributed by atoms with Gasteiger partial charge in [-0.15, -0.1) is 0 Å². The fourth-order valence-electron chi connectivity index (χ4n) is 1.09. The van der Waals surface area contributed by atoms with E-state index in [1.807, 2.05) is 18.2 Å². The molecule has 16 heavy (non-hydrogen) atoms. The van der Waals surface area contributed by atoms with Crippen molar-refractivity contribution in [1.29, 1.82) is 0 Å². The zero-order valence-corrected chi connectivity index (χ0v) is 9.19. The molecule has 1 aromatic heterocycles. The van der Waals surface area contributed by atoms with E-state index in [0.29, 0.717) is 19.5 Å². The first-order chi connectivity index (χ1) is 7.68. The maximum absolute atomic E-state index is 11.2. The molecule has 0 aromatic carbocycles. The van der Waals surface area contributed by atoms with Crippen LogP contribution in [0.25, 0.3) is 0 Å². The van der Waals surface area contributed by atoms with Crippen molar-refractivity contribution in [3.05, 3.63) is 30.1 Å². The molecule has 0 radical (unpaired) electrons. The van der Waals surface area contributed by atoms with Crippen LogP contribution < -0.4 is 10.6 Å². The summed E-state index contributed by atoms with van der Waals surface area (Å²) in [4.78, 5) is 25.9. The number of nitrogens with one attached hydrogen (secondary N) is 2. The molecule has 0 aliphatic carbocycles. The molecule has 0 fully saturated rings. The first kappa shape index (κ1) is 12.2. The Morgan fingerprint density at radius 1 is 1.31 bits per heavy atom. The van der Waals surface area contributed by atoms with E-state index in [9.17, 15) is 9.59 Å². The Morgan fingerprint density at radius 2 is 2.12 bits per heavy atom. The van der Waals surface area contributed by atoms with Crippen molar-refractivity contribution in [1.82, 2.24) is 15.6 Å². The number of ketones is 1. The van der Waals surface area contributed by atoms with Crippen molar-refractivity contribution in [2.45, 2.75) is 19.9 Å². The summed E-state index contributed by atoms with van der Waals surface area (Å²) in [5.74, 6) is 0.0602. The van der Waals surface area contributed by atoms with E-state index < -0.39 is 0 Å². The van der Waals surface area contributed by atoms with Crippen LogP contribution in [0.3, 0.4) is 0 Å². The van der Waals surface area contributed by atoms with Gasteiger partial charge in [-0.2, -0.15) is 0 Å². The number of carbonyl (C=O) groups excluding carboxylic acids is 2. The quantitative estimate of drug-likeness (QED) is 0.774. The molecule has 0 unspecified atom stereocenters. The number of Topliss-reactive ketones (excluding diaryl/α,β-unsaturated/α-hetero) is 1. The van der Waals surface area contributed by atoms with Gasteiger partial charge in [0.25, 0.3) is 0 Å². The minimum Gasteiger partial charge on any atom is -0.338 e. The lowest BCUT2D eigenvalue weighted by molar-refractivity contribution is -0.116. The fraction of sp³-hybridized carbons (Fsp3) is 0.364. The molecule has 0 bridgehead atoms. The van der Waals surface area contributed by atoms with Gasteiger partial charge in [0.15, 0.2) is 0 Å².